The van der Waals surface area contributed by atoms with E-state index < -0.39 is 70.6 Å². The highest BCUT2D eigenvalue weighted by molar-refractivity contribution is 7.89. The Bertz CT molecular complexity index is 673. The zero-order chi connectivity index (χ0) is 22.1. The monoisotopic (exact) mass is 439 g/mol. The second kappa shape index (κ2) is 7.85. The van der Waals surface area contributed by atoms with E-state index in [4.69, 9.17) is 5.11 Å². The van der Waals surface area contributed by atoms with E-state index in [1.54, 1.807) is 0 Å². The Hall–Kier alpha value is -1.51. The maximum atomic E-state index is 13.3. The van der Waals surface area contributed by atoms with Crippen molar-refractivity contribution in [3.8, 4) is 0 Å². The molecule has 0 fully saturated rings. The number of carbonyl (C=O) groups is 1. The second-order valence-electron chi connectivity index (χ2n) is 5.40. The average Bonchev–Trinajstić information content (AvgIpc) is 2.48. The summed E-state index contributed by atoms with van der Waals surface area (Å²) >= 11 is 0. The molecule has 0 aliphatic heterocycles. The first-order valence-corrected chi connectivity index (χ1v) is 8.37. The summed E-state index contributed by atoms with van der Waals surface area (Å²) in [6, 6.07) is 0. The van der Waals surface area contributed by atoms with Gasteiger partial charge in [-0.15, -0.1) is 0 Å². The van der Waals surface area contributed by atoms with E-state index in [2.05, 4.69) is 6.58 Å². The second-order valence-corrected chi connectivity index (χ2v) is 7.59. The molecule has 0 saturated heterocycles. The van der Waals surface area contributed by atoms with Crippen LogP contribution < -0.4 is 0 Å². The molecule has 0 heterocycles. The average molecular weight is 439 g/mol. The quantitative estimate of drug-likeness (QED) is 0.419. The number of sulfonamides is 1. The van der Waals surface area contributed by atoms with Gasteiger partial charge in [0.05, 0.1) is 5.75 Å². The van der Waals surface area contributed by atoms with E-state index in [0.717, 1.165) is 7.05 Å². The Balaban J connectivity index is 5.26. The third kappa shape index (κ3) is 5.49. The first kappa shape index (κ1) is 25.5. The van der Waals surface area contributed by atoms with Crippen molar-refractivity contribution in [3.05, 3.63) is 12.2 Å². The fourth-order valence-electron chi connectivity index (χ4n) is 1.52. The van der Waals surface area contributed by atoms with Gasteiger partial charge in [0.1, 0.15) is 0 Å². The van der Waals surface area contributed by atoms with Crippen LogP contribution in [0.25, 0.3) is 0 Å². The van der Waals surface area contributed by atoms with Gasteiger partial charge >= 0.3 is 29.9 Å². The molecule has 1 N–H and O–H groups in total. The summed E-state index contributed by atoms with van der Waals surface area (Å²) in [5.41, 5.74) is -0.473. The minimum atomic E-state index is -7.10. The van der Waals surface area contributed by atoms with Crippen molar-refractivity contribution < 1.29 is 57.8 Å². The number of alkyl halides is 9. The molecule has 160 valence electrons. The molecular formula is C12H14F9NO4S. The van der Waals surface area contributed by atoms with E-state index in [-0.39, 0.29) is 4.31 Å². The maximum Gasteiger partial charge on any atom is 0.460 e. The Kier molecular flexibility index (Phi) is 7.41. The van der Waals surface area contributed by atoms with Crippen LogP contribution in [-0.4, -0.2) is 67.1 Å². The van der Waals surface area contributed by atoms with E-state index in [1.807, 2.05) is 0 Å². The Morgan fingerprint density at radius 3 is 1.81 bits per heavy atom. The Morgan fingerprint density at radius 1 is 1.00 bits per heavy atom. The number of hydrogen-bond acceptors (Lipinski definition) is 3. The van der Waals surface area contributed by atoms with Crippen LogP contribution in [0.1, 0.15) is 12.8 Å². The lowest BCUT2D eigenvalue weighted by Gasteiger charge is -2.33. The number of aliphatic carboxylic acids is 1. The van der Waals surface area contributed by atoms with Crippen molar-refractivity contribution in [2.45, 2.75) is 36.8 Å². The third-order valence-electron chi connectivity index (χ3n) is 3.39. The van der Waals surface area contributed by atoms with Crippen molar-refractivity contribution >= 4 is 16.0 Å². The van der Waals surface area contributed by atoms with Crippen LogP contribution in [0, 0.1) is 0 Å². The lowest BCUT2D eigenvalue weighted by molar-refractivity contribution is -0.396. The van der Waals surface area contributed by atoms with Gasteiger partial charge in [-0.25, -0.2) is 17.5 Å². The Morgan fingerprint density at radius 2 is 1.44 bits per heavy atom. The minimum absolute atomic E-state index is 0.261. The van der Waals surface area contributed by atoms with Crippen LogP contribution in [0.15, 0.2) is 12.2 Å². The first-order chi connectivity index (χ1) is 11.7. The number of carboxylic acid groups (broad SMARTS) is 1. The van der Waals surface area contributed by atoms with Crippen LogP contribution >= 0.6 is 0 Å². The number of hydrogen-bond donors (Lipinski definition) is 1. The van der Waals surface area contributed by atoms with Gasteiger partial charge in [0, 0.05) is 25.6 Å². The molecule has 0 bridgehead atoms. The summed E-state index contributed by atoms with van der Waals surface area (Å²) < 4.78 is 138. The minimum Gasteiger partial charge on any atom is -0.478 e. The van der Waals surface area contributed by atoms with Crippen molar-refractivity contribution in [1.29, 1.82) is 0 Å². The molecule has 15 heteroatoms. The van der Waals surface area contributed by atoms with Crippen molar-refractivity contribution in [2.24, 2.45) is 0 Å². The smallest absolute Gasteiger partial charge is 0.460 e. The van der Waals surface area contributed by atoms with Gasteiger partial charge in [-0.05, 0) is 6.42 Å². The molecule has 0 radical (unpaired) electrons. The fourth-order valence-corrected chi connectivity index (χ4v) is 2.71. The molecule has 0 saturated carbocycles. The van der Waals surface area contributed by atoms with Crippen LogP contribution in [-0.2, 0) is 14.8 Å². The lowest BCUT2D eigenvalue weighted by Crippen LogP contribution is -2.61. The summed E-state index contributed by atoms with van der Waals surface area (Å²) in [4.78, 5) is 10.5. The van der Waals surface area contributed by atoms with Gasteiger partial charge < -0.3 is 5.11 Å². The molecule has 0 rings (SSSR count). The molecular weight excluding hydrogens is 425 g/mol. The lowest BCUT2D eigenvalue weighted by atomic mass is 10.0. The van der Waals surface area contributed by atoms with Crippen LogP contribution in [0.4, 0.5) is 39.5 Å². The standard InChI is InChI=1S/C12H14F9NO4S/c1-7(8(23)24)3-5-22(2)27(25,26)6-4-9(13,14)10(15,16)11(17,18)12(19,20)21/h1,3-6H2,2H3,(H,23,24). The van der Waals surface area contributed by atoms with Gasteiger partial charge in [-0.2, -0.15) is 39.5 Å². The van der Waals surface area contributed by atoms with Crippen molar-refractivity contribution in [2.75, 3.05) is 19.3 Å². The molecule has 27 heavy (non-hydrogen) atoms. The molecule has 0 aromatic rings. The van der Waals surface area contributed by atoms with Crippen LogP contribution in [0.2, 0.25) is 0 Å². The predicted octanol–water partition coefficient (Wildman–Crippen LogP) is 3.14. The summed E-state index contributed by atoms with van der Waals surface area (Å²) in [6.45, 7) is 2.41. The van der Waals surface area contributed by atoms with E-state index in [1.165, 1.54) is 0 Å². The molecule has 0 atom stereocenters. The van der Waals surface area contributed by atoms with E-state index in [9.17, 15) is 52.7 Å². The normalized spacial score (nSPS) is 14.5. The van der Waals surface area contributed by atoms with Gasteiger partial charge in [0.2, 0.25) is 10.0 Å². The highest BCUT2D eigenvalue weighted by Gasteiger charge is 2.81. The van der Waals surface area contributed by atoms with Gasteiger partial charge in [-0.3, -0.25) is 0 Å². The van der Waals surface area contributed by atoms with Crippen LogP contribution in [0.3, 0.4) is 0 Å². The summed E-state index contributed by atoms with van der Waals surface area (Å²) in [7, 11) is -4.06. The maximum absolute atomic E-state index is 13.3. The van der Waals surface area contributed by atoms with E-state index in [0.29, 0.717) is 0 Å². The molecule has 5 nitrogen and oxygen atoms in total. The first-order valence-electron chi connectivity index (χ1n) is 6.76. The Labute approximate surface area is 147 Å². The summed E-state index contributed by atoms with van der Waals surface area (Å²) in [5, 5.41) is 8.53. The molecule has 0 unspecified atom stereocenters. The molecule has 0 aliphatic carbocycles. The number of nitrogens with zero attached hydrogens (tertiary/aromatic N) is 1. The zero-order valence-corrected chi connectivity index (χ0v) is 14.3. The third-order valence-corrected chi connectivity index (χ3v) is 5.24. The molecule has 0 spiro atoms. The van der Waals surface area contributed by atoms with Crippen molar-refractivity contribution in [3.63, 3.8) is 0 Å². The summed E-state index contributed by atoms with van der Waals surface area (Å²) in [5.74, 6) is -23.4. The SMILES string of the molecule is C=C(CCN(C)S(=O)(=O)CCC(F)(F)C(F)(F)C(F)(F)C(F)(F)F)C(=O)O. The van der Waals surface area contributed by atoms with Gasteiger partial charge in [0.15, 0.2) is 0 Å². The number of carboxylic acids is 1. The zero-order valence-electron chi connectivity index (χ0n) is 13.5. The molecule has 0 amide bonds. The topological polar surface area (TPSA) is 74.7 Å². The highest BCUT2D eigenvalue weighted by atomic mass is 32.2. The summed E-state index contributed by atoms with van der Waals surface area (Å²) in [6.07, 6.45) is -10.0. The van der Waals surface area contributed by atoms with Crippen molar-refractivity contribution in [1.82, 2.24) is 4.31 Å². The molecule has 0 aliphatic rings. The molecule has 0 aromatic heterocycles. The van der Waals surface area contributed by atoms with Crippen LogP contribution in [0.5, 0.6) is 0 Å². The largest absolute Gasteiger partial charge is 0.478 e. The van der Waals surface area contributed by atoms with Gasteiger partial charge in [0.25, 0.3) is 0 Å². The fraction of sp³-hybridized carbons (Fsp3) is 0.750. The van der Waals surface area contributed by atoms with Gasteiger partial charge in [-0.1, -0.05) is 6.58 Å². The number of rotatable bonds is 10. The number of halogens is 9. The van der Waals surface area contributed by atoms with E-state index >= 15 is 0 Å². The molecule has 0 aromatic carbocycles. The highest BCUT2D eigenvalue weighted by Crippen LogP contribution is 2.54. The predicted molar refractivity (Wildman–Crippen MR) is 73.3 cm³/mol.